The summed E-state index contributed by atoms with van der Waals surface area (Å²) in [4.78, 5) is 14.7. The van der Waals surface area contributed by atoms with Crippen molar-refractivity contribution in [1.82, 2.24) is 4.90 Å². The summed E-state index contributed by atoms with van der Waals surface area (Å²) in [7, 11) is 0. The van der Waals surface area contributed by atoms with Crippen molar-refractivity contribution in [3.8, 4) is 0 Å². The number of benzene rings is 1. The number of amides is 1. The molecule has 24 heavy (non-hydrogen) atoms. The number of likely N-dealkylation sites (tertiary alicyclic amines) is 1. The van der Waals surface area contributed by atoms with Crippen molar-refractivity contribution in [1.29, 1.82) is 0 Å². The predicted octanol–water partition coefficient (Wildman–Crippen LogP) is 3.27. The van der Waals surface area contributed by atoms with E-state index in [9.17, 15) is 9.90 Å². The number of halogens is 1. The summed E-state index contributed by atoms with van der Waals surface area (Å²) in [6.45, 7) is 1.38. The Morgan fingerprint density at radius 1 is 1.17 bits per heavy atom. The van der Waals surface area contributed by atoms with Gasteiger partial charge in [-0.25, -0.2) is 0 Å². The van der Waals surface area contributed by atoms with E-state index in [4.69, 9.17) is 17.3 Å². The number of nitrogens with zero attached hydrogens (tertiary/aromatic N) is 1. The summed E-state index contributed by atoms with van der Waals surface area (Å²) < 4.78 is 0. The van der Waals surface area contributed by atoms with Gasteiger partial charge in [-0.2, -0.15) is 0 Å². The second-order valence-electron chi connectivity index (χ2n) is 7.34. The van der Waals surface area contributed by atoms with Crippen LogP contribution in [0.4, 0.5) is 0 Å². The van der Waals surface area contributed by atoms with Gasteiger partial charge in [-0.05, 0) is 49.3 Å². The van der Waals surface area contributed by atoms with Gasteiger partial charge in [0.2, 0.25) is 5.91 Å². The molecule has 1 atom stereocenters. The molecule has 1 heterocycles. The van der Waals surface area contributed by atoms with Crippen LogP contribution in [0.5, 0.6) is 0 Å². The van der Waals surface area contributed by atoms with Gasteiger partial charge >= 0.3 is 0 Å². The zero-order chi connectivity index (χ0) is 17.2. The van der Waals surface area contributed by atoms with Gasteiger partial charge in [-0.3, -0.25) is 4.79 Å². The quantitative estimate of drug-likeness (QED) is 0.879. The van der Waals surface area contributed by atoms with Crippen LogP contribution in [-0.2, 0) is 4.79 Å². The number of hydrogen-bond donors (Lipinski definition) is 2. The highest BCUT2D eigenvalue weighted by atomic mass is 35.5. The number of hydrogen-bond acceptors (Lipinski definition) is 3. The Morgan fingerprint density at radius 2 is 1.75 bits per heavy atom. The van der Waals surface area contributed by atoms with Crippen LogP contribution in [0.15, 0.2) is 24.3 Å². The Balaban J connectivity index is 1.57. The fourth-order valence-corrected chi connectivity index (χ4v) is 4.19. The number of nitrogens with two attached hydrogens (primary N) is 1. The van der Waals surface area contributed by atoms with Gasteiger partial charge in [0.05, 0.1) is 11.6 Å². The summed E-state index contributed by atoms with van der Waals surface area (Å²) in [5, 5.41) is 11.3. The number of piperidine rings is 1. The first-order valence-corrected chi connectivity index (χ1v) is 9.39. The molecule has 1 aromatic rings. The summed E-state index contributed by atoms with van der Waals surface area (Å²) in [5.74, 6) is 0.289. The molecular formula is C19H27ClN2O2. The second kappa shape index (κ2) is 7.42. The molecular weight excluding hydrogens is 324 g/mol. The number of aliphatic hydroxyl groups excluding tert-OH is 1. The summed E-state index contributed by atoms with van der Waals surface area (Å²) >= 11 is 5.91. The van der Waals surface area contributed by atoms with E-state index in [1.54, 1.807) is 12.1 Å². The molecule has 1 saturated heterocycles. The van der Waals surface area contributed by atoms with Crippen molar-refractivity contribution >= 4 is 17.5 Å². The number of aliphatic hydroxyl groups is 1. The summed E-state index contributed by atoms with van der Waals surface area (Å²) in [6.07, 6.45) is 6.01. The van der Waals surface area contributed by atoms with E-state index in [1.165, 1.54) is 6.42 Å². The third-order valence-electron chi connectivity index (χ3n) is 5.66. The molecule has 3 rings (SSSR count). The van der Waals surface area contributed by atoms with Crippen LogP contribution in [-0.4, -0.2) is 34.5 Å². The van der Waals surface area contributed by atoms with Crippen LogP contribution in [0.25, 0.3) is 0 Å². The number of rotatable bonds is 3. The molecule has 2 fully saturated rings. The van der Waals surface area contributed by atoms with E-state index in [0.717, 1.165) is 44.1 Å². The maximum atomic E-state index is 12.8. The van der Waals surface area contributed by atoms with Crippen molar-refractivity contribution in [2.24, 2.45) is 11.7 Å². The smallest absolute Gasteiger partial charge is 0.242 e. The largest absolute Gasteiger partial charge is 0.388 e. The predicted molar refractivity (Wildman–Crippen MR) is 95.7 cm³/mol. The lowest BCUT2D eigenvalue weighted by Crippen LogP contribution is -2.57. The number of carbonyl (C=O) groups is 1. The molecule has 0 bridgehead atoms. The van der Waals surface area contributed by atoms with E-state index < -0.39 is 11.6 Å². The first-order valence-electron chi connectivity index (χ1n) is 9.01. The minimum atomic E-state index is -0.653. The topological polar surface area (TPSA) is 66.6 Å². The van der Waals surface area contributed by atoms with E-state index in [-0.39, 0.29) is 11.8 Å². The average molecular weight is 351 g/mol. The zero-order valence-electron chi connectivity index (χ0n) is 14.1. The highest BCUT2D eigenvalue weighted by Gasteiger charge is 2.40. The molecule has 4 nitrogen and oxygen atoms in total. The van der Waals surface area contributed by atoms with Crippen LogP contribution in [0, 0.1) is 5.92 Å². The molecule has 132 valence electrons. The van der Waals surface area contributed by atoms with Crippen molar-refractivity contribution in [2.75, 3.05) is 13.1 Å². The van der Waals surface area contributed by atoms with E-state index in [2.05, 4.69) is 0 Å². The van der Waals surface area contributed by atoms with Gasteiger partial charge in [-0.1, -0.05) is 43.0 Å². The van der Waals surface area contributed by atoms with Gasteiger partial charge in [0.15, 0.2) is 0 Å². The second-order valence-corrected chi connectivity index (χ2v) is 7.78. The van der Waals surface area contributed by atoms with Crippen molar-refractivity contribution in [3.63, 3.8) is 0 Å². The van der Waals surface area contributed by atoms with E-state index in [1.807, 2.05) is 17.0 Å². The zero-order valence-corrected chi connectivity index (χ0v) is 14.8. The Morgan fingerprint density at radius 3 is 2.33 bits per heavy atom. The highest BCUT2D eigenvalue weighted by molar-refractivity contribution is 6.30. The van der Waals surface area contributed by atoms with Gasteiger partial charge in [-0.15, -0.1) is 0 Å². The summed E-state index contributed by atoms with van der Waals surface area (Å²) in [5.41, 5.74) is 6.62. The molecule has 5 heteroatoms. The molecule has 0 spiro atoms. The lowest BCUT2D eigenvalue weighted by Gasteiger charge is -2.40. The lowest BCUT2D eigenvalue weighted by atomic mass is 9.80. The van der Waals surface area contributed by atoms with Crippen LogP contribution >= 0.6 is 11.6 Å². The van der Waals surface area contributed by atoms with Crippen LogP contribution in [0.3, 0.4) is 0 Å². The maximum Gasteiger partial charge on any atom is 0.242 e. The average Bonchev–Trinajstić information content (AvgIpc) is 2.62. The van der Waals surface area contributed by atoms with Crippen molar-refractivity contribution in [3.05, 3.63) is 34.9 Å². The minimum absolute atomic E-state index is 0.113. The standard InChI is InChI=1S/C19H27ClN2O2/c20-16-6-4-14(5-7-16)17(23)15-8-12-22(13-9-15)18(24)19(21)10-2-1-3-11-19/h4-7,15,17,23H,1-3,8-13,21H2. The molecule has 1 amide bonds. The van der Waals surface area contributed by atoms with Gasteiger partial charge in [0.1, 0.15) is 0 Å². The van der Waals surface area contributed by atoms with E-state index >= 15 is 0 Å². The maximum absolute atomic E-state index is 12.8. The molecule has 1 aliphatic carbocycles. The van der Waals surface area contributed by atoms with Crippen LogP contribution < -0.4 is 5.73 Å². The minimum Gasteiger partial charge on any atom is -0.388 e. The molecule has 0 aromatic heterocycles. The Bertz CT molecular complexity index is 561. The SMILES string of the molecule is NC1(C(=O)N2CCC(C(O)c3ccc(Cl)cc3)CC2)CCCCC1. The molecule has 0 radical (unpaired) electrons. The fourth-order valence-electron chi connectivity index (χ4n) is 4.06. The third-order valence-corrected chi connectivity index (χ3v) is 5.91. The lowest BCUT2D eigenvalue weighted by molar-refractivity contribution is -0.140. The molecule has 2 aliphatic rings. The third kappa shape index (κ3) is 3.76. The Kier molecular flexibility index (Phi) is 5.48. The Hall–Kier alpha value is -1.10. The highest BCUT2D eigenvalue weighted by Crippen LogP contribution is 2.33. The van der Waals surface area contributed by atoms with Crippen molar-refractivity contribution in [2.45, 2.75) is 56.6 Å². The van der Waals surface area contributed by atoms with E-state index in [0.29, 0.717) is 18.1 Å². The first-order chi connectivity index (χ1) is 11.5. The Labute approximate surface area is 149 Å². The molecule has 3 N–H and O–H groups in total. The van der Waals surface area contributed by atoms with Gasteiger partial charge in [0.25, 0.3) is 0 Å². The van der Waals surface area contributed by atoms with Crippen LogP contribution in [0.1, 0.15) is 56.6 Å². The summed E-state index contributed by atoms with van der Waals surface area (Å²) in [6, 6.07) is 7.36. The van der Waals surface area contributed by atoms with Gasteiger partial charge in [0, 0.05) is 18.1 Å². The van der Waals surface area contributed by atoms with Gasteiger partial charge < -0.3 is 15.7 Å². The van der Waals surface area contributed by atoms with Crippen LogP contribution in [0.2, 0.25) is 5.02 Å². The molecule has 1 aliphatic heterocycles. The van der Waals surface area contributed by atoms with Crippen molar-refractivity contribution < 1.29 is 9.90 Å². The normalized spacial score (nSPS) is 23.0. The fraction of sp³-hybridized carbons (Fsp3) is 0.632. The monoisotopic (exact) mass is 350 g/mol. The first kappa shape index (κ1) is 17.7. The number of carbonyl (C=O) groups excluding carboxylic acids is 1. The molecule has 1 saturated carbocycles. The molecule has 1 unspecified atom stereocenters. The molecule has 1 aromatic carbocycles.